The Morgan fingerprint density at radius 1 is 1.33 bits per heavy atom. The Bertz CT molecular complexity index is 665. The van der Waals surface area contributed by atoms with E-state index in [9.17, 15) is 4.79 Å². The molecule has 1 aromatic carbocycles. The third kappa shape index (κ3) is 3.68. The maximum Gasteiger partial charge on any atom is 0.322 e. The number of nitrogens with one attached hydrogen (secondary N) is 2. The highest BCUT2D eigenvalue weighted by atomic mass is 16.5. The van der Waals surface area contributed by atoms with Crippen LogP contribution in [0.15, 0.2) is 36.7 Å². The van der Waals surface area contributed by atoms with Crippen molar-refractivity contribution in [3.63, 3.8) is 0 Å². The molecule has 1 fully saturated rings. The van der Waals surface area contributed by atoms with Crippen LogP contribution in [0.4, 0.5) is 10.5 Å². The molecule has 7 heteroatoms. The number of hydrogen-bond donors (Lipinski definition) is 2. The van der Waals surface area contributed by atoms with Crippen molar-refractivity contribution in [2.45, 2.75) is 13.0 Å². The minimum atomic E-state index is -0.0786. The molecule has 1 aliphatic heterocycles. The summed E-state index contributed by atoms with van der Waals surface area (Å²) in [5.41, 5.74) is 1.91. The van der Waals surface area contributed by atoms with Gasteiger partial charge >= 0.3 is 6.03 Å². The molecule has 1 saturated heterocycles. The van der Waals surface area contributed by atoms with Crippen LogP contribution >= 0.6 is 0 Å². The number of benzene rings is 1. The molecule has 2 amide bonds. The Morgan fingerprint density at radius 2 is 2.12 bits per heavy atom. The van der Waals surface area contributed by atoms with Gasteiger partial charge in [-0.25, -0.2) is 4.79 Å². The molecule has 2 heterocycles. The second-order valence-corrected chi connectivity index (χ2v) is 5.89. The number of rotatable bonds is 4. The fraction of sp³-hybridized carbons (Fsp3) is 0.412. The van der Waals surface area contributed by atoms with E-state index in [0.717, 1.165) is 18.8 Å². The fourth-order valence-corrected chi connectivity index (χ4v) is 2.95. The lowest BCUT2D eigenvalue weighted by molar-refractivity contribution is 0.119. The predicted octanol–water partition coefficient (Wildman–Crippen LogP) is 2.33. The summed E-state index contributed by atoms with van der Waals surface area (Å²) < 4.78 is 5.30. The van der Waals surface area contributed by atoms with Crippen LogP contribution < -0.4 is 10.1 Å². The molecule has 2 aromatic rings. The number of aromatic amines is 1. The van der Waals surface area contributed by atoms with Crippen LogP contribution in [0.1, 0.15) is 18.5 Å². The maximum absolute atomic E-state index is 12.2. The standard InChI is InChI=1S/C17H23N5O2/c1-13(14-4-3-5-16(10-14)24-2)21-6-8-22(9-7-21)17(23)20-15-11-18-19-12-15/h3-5,10-13H,6-9H2,1-2H3,(H,18,19)(H,20,23). The van der Waals surface area contributed by atoms with Gasteiger partial charge in [0, 0.05) is 38.4 Å². The van der Waals surface area contributed by atoms with E-state index in [0.29, 0.717) is 24.8 Å². The average Bonchev–Trinajstić information content (AvgIpc) is 3.14. The molecular formula is C17H23N5O2. The number of nitrogens with zero attached hydrogens (tertiary/aromatic N) is 3. The van der Waals surface area contributed by atoms with Crippen LogP contribution in [0.25, 0.3) is 0 Å². The number of methoxy groups -OCH3 is 1. The monoisotopic (exact) mass is 329 g/mol. The minimum Gasteiger partial charge on any atom is -0.497 e. The van der Waals surface area contributed by atoms with Crippen molar-refractivity contribution in [3.8, 4) is 5.75 Å². The Morgan fingerprint density at radius 3 is 2.79 bits per heavy atom. The number of carbonyl (C=O) groups excluding carboxylic acids is 1. The summed E-state index contributed by atoms with van der Waals surface area (Å²) >= 11 is 0. The molecule has 1 aliphatic rings. The number of piperazine rings is 1. The number of anilines is 1. The van der Waals surface area contributed by atoms with Crippen molar-refractivity contribution in [1.29, 1.82) is 0 Å². The summed E-state index contributed by atoms with van der Waals surface area (Å²) in [6.07, 6.45) is 3.26. The highest BCUT2D eigenvalue weighted by molar-refractivity contribution is 5.89. The molecule has 1 aromatic heterocycles. The van der Waals surface area contributed by atoms with Crippen molar-refractivity contribution in [2.24, 2.45) is 0 Å². The Labute approximate surface area is 141 Å². The minimum absolute atomic E-state index is 0.0786. The van der Waals surface area contributed by atoms with Crippen molar-refractivity contribution in [2.75, 3.05) is 38.6 Å². The lowest BCUT2D eigenvalue weighted by Crippen LogP contribution is -2.50. The van der Waals surface area contributed by atoms with Gasteiger partial charge in [-0.3, -0.25) is 10.00 Å². The summed E-state index contributed by atoms with van der Waals surface area (Å²) in [6, 6.07) is 8.37. The Kier molecular flexibility index (Phi) is 5.00. The van der Waals surface area contributed by atoms with Crippen LogP contribution in [-0.2, 0) is 0 Å². The highest BCUT2D eigenvalue weighted by Gasteiger charge is 2.25. The van der Waals surface area contributed by atoms with Gasteiger partial charge in [0.05, 0.1) is 19.0 Å². The summed E-state index contributed by atoms with van der Waals surface area (Å²) in [5, 5.41) is 9.35. The highest BCUT2D eigenvalue weighted by Crippen LogP contribution is 2.25. The molecule has 0 bridgehead atoms. The second-order valence-electron chi connectivity index (χ2n) is 5.89. The van der Waals surface area contributed by atoms with Crippen molar-refractivity contribution < 1.29 is 9.53 Å². The quantitative estimate of drug-likeness (QED) is 0.903. The van der Waals surface area contributed by atoms with Gasteiger partial charge < -0.3 is 15.0 Å². The molecule has 3 rings (SSSR count). The first-order valence-electron chi connectivity index (χ1n) is 8.10. The molecule has 0 saturated carbocycles. The van der Waals surface area contributed by atoms with E-state index >= 15 is 0 Å². The number of ether oxygens (including phenoxy) is 1. The van der Waals surface area contributed by atoms with Crippen molar-refractivity contribution in [3.05, 3.63) is 42.2 Å². The lowest BCUT2D eigenvalue weighted by Gasteiger charge is -2.38. The summed E-state index contributed by atoms with van der Waals surface area (Å²) in [5.74, 6) is 0.873. The van der Waals surface area contributed by atoms with Crippen LogP contribution in [-0.4, -0.2) is 59.3 Å². The zero-order valence-electron chi connectivity index (χ0n) is 14.0. The number of hydrogen-bond acceptors (Lipinski definition) is 4. The van der Waals surface area contributed by atoms with Crippen LogP contribution in [0.3, 0.4) is 0 Å². The SMILES string of the molecule is COc1cccc(C(C)N2CCN(C(=O)Nc3cn[nH]c3)CC2)c1. The normalized spacial score (nSPS) is 16.7. The van der Waals surface area contributed by atoms with E-state index in [2.05, 4.69) is 39.5 Å². The molecular weight excluding hydrogens is 306 g/mol. The molecule has 0 radical (unpaired) electrons. The van der Waals surface area contributed by atoms with E-state index in [1.54, 1.807) is 19.5 Å². The molecule has 0 aliphatic carbocycles. The second kappa shape index (κ2) is 7.35. The summed E-state index contributed by atoms with van der Waals surface area (Å²) in [4.78, 5) is 16.5. The summed E-state index contributed by atoms with van der Waals surface area (Å²) in [7, 11) is 1.68. The molecule has 1 unspecified atom stereocenters. The fourth-order valence-electron chi connectivity index (χ4n) is 2.95. The van der Waals surface area contributed by atoms with Gasteiger partial charge in [0.2, 0.25) is 0 Å². The number of carbonyl (C=O) groups is 1. The van der Waals surface area contributed by atoms with Gasteiger partial charge in [-0.05, 0) is 24.6 Å². The zero-order chi connectivity index (χ0) is 16.9. The van der Waals surface area contributed by atoms with E-state index in [4.69, 9.17) is 4.74 Å². The third-order valence-corrected chi connectivity index (χ3v) is 4.47. The Balaban J connectivity index is 1.55. The van der Waals surface area contributed by atoms with Crippen LogP contribution in [0, 0.1) is 0 Å². The number of H-pyrrole nitrogens is 1. The molecule has 24 heavy (non-hydrogen) atoms. The third-order valence-electron chi connectivity index (χ3n) is 4.47. The van der Waals surface area contributed by atoms with E-state index in [1.807, 2.05) is 17.0 Å². The number of amides is 2. The predicted molar refractivity (Wildman–Crippen MR) is 92.2 cm³/mol. The topological polar surface area (TPSA) is 73.5 Å². The number of aromatic nitrogens is 2. The largest absolute Gasteiger partial charge is 0.497 e. The van der Waals surface area contributed by atoms with Gasteiger partial charge in [-0.1, -0.05) is 12.1 Å². The average molecular weight is 329 g/mol. The van der Waals surface area contributed by atoms with Crippen LogP contribution in [0.5, 0.6) is 5.75 Å². The first kappa shape index (κ1) is 16.3. The summed E-state index contributed by atoms with van der Waals surface area (Å²) in [6.45, 7) is 5.29. The molecule has 2 N–H and O–H groups in total. The molecule has 128 valence electrons. The lowest BCUT2D eigenvalue weighted by atomic mass is 10.1. The van der Waals surface area contributed by atoms with E-state index < -0.39 is 0 Å². The van der Waals surface area contributed by atoms with Gasteiger partial charge in [0.25, 0.3) is 0 Å². The van der Waals surface area contributed by atoms with E-state index in [-0.39, 0.29) is 6.03 Å². The zero-order valence-corrected chi connectivity index (χ0v) is 14.0. The first-order valence-corrected chi connectivity index (χ1v) is 8.10. The van der Waals surface area contributed by atoms with Crippen molar-refractivity contribution >= 4 is 11.7 Å². The molecule has 0 spiro atoms. The maximum atomic E-state index is 12.2. The Hall–Kier alpha value is -2.54. The smallest absolute Gasteiger partial charge is 0.322 e. The number of urea groups is 1. The van der Waals surface area contributed by atoms with Gasteiger partial charge in [0.15, 0.2) is 0 Å². The van der Waals surface area contributed by atoms with Gasteiger partial charge in [-0.2, -0.15) is 5.10 Å². The molecule has 7 nitrogen and oxygen atoms in total. The molecule has 1 atom stereocenters. The van der Waals surface area contributed by atoms with Gasteiger partial charge in [0.1, 0.15) is 5.75 Å². The van der Waals surface area contributed by atoms with Crippen molar-refractivity contribution in [1.82, 2.24) is 20.0 Å². The first-order chi connectivity index (χ1) is 11.7. The van der Waals surface area contributed by atoms with Gasteiger partial charge in [-0.15, -0.1) is 0 Å². The van der Waals surface area contributed by atoms with E-state index in [1.165, 1.54) is 5.56 Å². The van der Waals surface area contributed by atoms with Crippen LogP contribution in [0.2, 0.25) is 0 Å².